The van der Waals surface area contributed by atoms with E-state index in [2.05, 4.69) is 190 Å². The Hall–Kier alpha value is -15.5. The lowest BCUT2D eigenvalue weighted by atomic mass is 10.1. The van der Waals surface area contributed by atoms with Gasteiger partial charge in [-0.15, -0.1) is 15.2 Å². The topological polar surface area (TPSA) is 391 Å². The van der Waals surface area contributed by atoms with Crippen LogP contribution in [0.2, 0.25) is 10.0 Å². The largest absolute Gasteiger partial charge is 0.586 e. The van der Waals surface area contributed by atoms with E-state index in [1.807, 2.05) is 87.7 Å². The lowest BCUT2D eigenvalue weighted by Crippen LogP contribution is -2.35. The number of pyridine rings is 4. The van der Waals surface area contributed by atoms with Crippen molar-refractivity contribution in [2.75, 3.05) is 123 Å². The van der Waals surface area contributed by atoms with Crippen LogP contribution in [0.4, 0.5) is 101 Å². The highest BCUT2D eigenvalue weighted by Gasteiger charge is 2.45. The van der Waals surface area contributed by atoms with Gasteiger partial charge >= 0.3 is 6.29 Å². The van der Waals surface area contributed by atoms with Crippen LogP contribution >= 0.6 is 68.5 Å². The van der Waals surface area contributed by atoms with Crippen molar-refractivity contribution in [3.05, 3.63) is 302 Å². The Kier molecular flexibility index (Phi) is 33.3. The number of nitriles is 4. The highest BCUT2D eigenvalue weighted by Crippen LogP contribution is 2.49. The molecule has 2 fully saturated rings. The van der Waals surface area contributed by atoms with E-state index >= 15 is 0 Å². The number of morpholine rings is 1. The SMILES string of the molecule is C#Cc1cccc(Nc2c(C#N)cnc3nc(Nc4ccc(S(=O)(=O)NCCCN(C)C)cc4)sc23)c1.CN(C)Cc1ccc(Nc2nc3ncc(C#N)c(Nc4cccc5c4OC(F)(F)O5)c3s2)cc1.N#Cc1cnc2nc(NCc3ccc(CN4CCOCC4)cc3)sc2c1Nc1ccc(F)c(Cl)c1.N#Cc1cnc2nc(Nc3ccc(CN4CCCC4)cc3)sc2c1Nc1ccc(OCc2cccc(F)c2)c(Cl)c1. The zero-order chi connectivity index (χ0) is 103. The van der Waals surface area contributed by atoms with Crippen molar-refractivity contribution in [1.82, 2.24) is 64.2 Å². The van der Waals surface area contributed by atoms with Gasteiger partial charge in [0, 0.05) is 110 Å². The molecule has 0 bridgehead atoms. The summed E-state index contributed by atoms with van der Waals surface area (Å²) >= 11 is 17.9. The molecule has 744 valence electrons. The number of fused-ring (bicyclic) bond motifs is 5. The summed E-state index contributed by atoms with van der Waals surface area (Å²) in [5.74, 6) is 2.02. The predicted molar refractivity (Wildman–Crippen MR) is 572 cm³/mol. The third-order valence-corrected chi connectivity index (χ3v) is 28.8. The molecule has 11 heterocycles. The van der Waals surface area contributed by atoms with E-state index in [0.29, 0.717) is 138 Å². The lowest BCUT2D eigenvalue weighted by molar-refractivity contribution is -0.286. The van der Waals surface area contributed by atoms with Crippen LogP contribution in [0, 0.1) is 69.3 Å². The molecule has 2 saturated heterocycles. The number of ether oxygens (including phenoxy) is 4. The smallest absolute Gasteiger partial charge is 0.487 e. The van der Waals surface area contributed by atoms with E-state index in [-0.39, 0.29) is 45.1 Å². The Bertz CT molecular complexity index is 7990. The maximum atomic E-state index is 13.6. The van der Waals surface area contributed by atoms with Crippen molar-refractivity contribution in [3.63, 3.8) is 0 Å². The zero-order valence-electron chi connectivity index (χ0n) is 79.2. The van der Waals surface area contributed by atoms with Crippen LogP contribution in [-0.4, -0.2) is 155 Å². The Balaban J connectivity index is 0.000000134. The molecule has 147 heavy (non-hydrogen) atoms. The van der Waals surface area contributed by atoms with E-state index in [9.17, 15) is 47.0 Å². The average molecular weight is 2110 g/mol. The fraction of sp³-hybridized carbons (Fsp3) is 0.200. The first-order chi connectivity index (χ1) is 71.2. The minimum atomic E-state index is -3.75. The van der Waals surface area contributed by atoms with Gasteiger partial charge in [-0.2, -0.15) is 36.0 Å². The number of aromatic nitrogens is 8. The summed E-state index contributed by atoms with van der Waals surface area (Å²) in [6.45, 7) is 10.6. The molecule has 9 N–H and O–H groups in total. The van der Waals surface area contributed by atoms with Crippen LogP contribution in [0.25, 0.3) is 41.4 Å². The number of anilines is 15. The van der Waals surface area contributed by atoms with Gasteiger partial charge in [0.05, 0.1) is 78.8 Å². The number of rotatable bonds is 32. The second kappa shape index (κ2) is 47.5. The lowest BCUT2D eigenvalue weighted by Gasteiger charge is -2.26. The number of thiazole rings is 4. The van der Waals surface area contributed by atoms with Gasteiger partial charge in [0.1, 0.15) is 67.1 Å². The molecule has 42 heteroatoms. The van der Waals surface area contributed by atoms with E-state index < -0.39 is 22.1 Å². The summed E-state index contributed by atoms with van der Waals surface area (Å²) in [7, 11) is 4.32. The predicted octanol–water partition coefficient (Wildman–Crippen LogP) is 23.3. The molecule has 0 atom stereocenters. The van der Waals surface area contributed by atoms with Gasteiger partial charge in [0.15, 0.2) is 54.6 Å². The number of benzene rings is 9. The van der Waals surface area contributed by atoms with Gasteiger partial charge in [-0.3, -0.25) is 9.80 Å². The van der Waals surface area contributed by atoms with Crippen molar-refractivity contribution in [3.8, 4) is 53.9 Å². The van der Waals surface area contributed by atoms with E-state index in [1.54, 1.807) is 66.7 Å². The van der Waals surface area contributed by atoms with Gasteiger partial charge in [-0.05, 0) is 222 Å². The standard InChI is InChI=1S/C31H26ClFN6OS.C26H25N7O2S2.C25H22ClFN6OS.C23H18F2N6O2S/c32-26-15-25(10-11-27(26)40-19-21-4-3-5-23(33)14-21)36-28-22(16-34)17-35-30-29(28)41-31(38-30)37-24-8-6-20(7-9-24)18-39-12-1-2-13-39;1-4-18-7-5-8-21(15-18)30-23-19(16-27)17-28-25-24(23)36-26(32-25)31-20-9-11-22(12-10-20)37(34,35)29-13-6-14-33(2)3;26-20-11-19(5-6-21(20)27)31-22-18(12-28)14-29-24-23(22)35-25(32-24)30-13-16-1-3-17(4-2-16)15-33-7-9-34-10-8-33;1-31(2)12-13-6-8-15(9-7-13)28-22-30-21-20(34-22)18(14(10-26)11-27-21)29-16-4-3-5-17-19(16)33-23(24,25)32-17/h3-11,14-15,17H,1-2,12-13,18-19H2,(H2,35,36,37,38);1,5,7-12,15,17,29H,6,13-14H2,2-3H3,(H2,28,30,31,32);1-6,11,14H,7-10,13,15H2,(H2,29,30,31,32);3-9,11H,12H2,1-2H3,(H2,27,28,29,30). The average Bonchev–Trinajstić information content (AvgIpc) is 1.62. The molecule has 3 aliphatic heterocycles. The van der Waals surface area contributed by atoms with Gasteiger partial charge < -0.3 is 71.3 Å². The quantitative estimate of drug-likeness (QED) is 0.0107. The van der Waals surface area contributed by atoms with E-state index in [4.69, 9.17) is 39.1 Å². The van der Waals surface area contributed by atoms with Crippen LogP contribution in [0.5, 0.6) is 17.2 Å². The number of halogens is 6. The van der Waals surface area contributed by atoms with E-state index in [1.165, 1.54) is 143 Å². The van der Waals surface area contributed by atoms with Crippen molar-refractivity contribution in [2.24, 2.45) is 0 Å². The van der Waals surface area contributed by atoms with Gasteiger partial charge in [0.2, 0.25) is 10.0 Å². The monoisotopic (exact) mass is 2100 g/mol. The number of alkyl halides is 2. The number of hydrogen-bond acceptors (Lipinski definition) is 34. The molecule has 3 aliphatic rings. The summed E-state index contributed by atoms with van der Waals surface area (Å²) < 4.78 is 105. The molecule has 0 unspecified atom stereocenters. The molecule has 9 aromatic carbocycles. The van der Waals surface area contributed by atoms with Crippen LogP contribution in [0.1, 0.15) is 74.9 Å². The highest BCUT2D eigenvalue weighted by molar-refractivity contribution is 7.89. The molecule has 31 nitrogen and oxygen atoms in total. The number of para-hydroxylation sites is 1. The third kappa shape index (κ3) is 26.8. The second-order valence-corrected chi connectivity index (χ2v) is 40.7. The fourth-order valence-corrected chi connectivity index (χ4v) is 20.9. The molecule has 0 spiro atoms. The summed E-state index contributed by atoms with van der Waals surface area (Å²) in [5.41, 5.74) is 16.5. The summed E-state index contributed by atoms with van der Waals surface area (Å²) in [6.07, 6.45) is 10.9. The van der Waals surface area contributed by atoms with Crippen molar-refractivity contribution in [2.45, 2.75) is 63.2 Å². The van der Waals surface area contributed by atoms with Crippen LogP contribution in [0.15, 0.2) is 230 Å². The van der Waals surface area contributed by atoms with Crippen LogP contribution < -0.4 is 61.5 Å². The minimum absolute atomic E-state index is 0.00133. The fourth-order valence-electron chi connectivity index (χ4n) is 15.6. The number of likely N-dealkylation sites (tertiary alicyclic amines) is 1. The Morgan fingerprint density at radius 3 is 1.46 bits per heavy atom. The Morgan fingerprint density at radius 1 is 0.490 bits per heavy atom. The molecule has 0 aliphatic carbocycles. The minimum Gasteiger partial charge on any atom is -0.487 e. The zero-order valence-corrected chi connectivity index (χ0v) is 84.8. The summed E-state index contributed by atoms with van der Waals surface area (Å²) in [5, 5.41) is 67.5. The highest BCUT2D eigenvalue weighted by atomic mass is 35.5. The van der Waals surface area contributed by atoms with Crippen molar-refractivity contribution >= 4 is 203 Å². The van der Waals surface area contributed by atoms with Gasteiger partial charge in [-0.1, -0.05) is 147 Å². The maximum absolute atomic E-state index is 13.6. The molecule has 0 radical (unpaired) electrons. The van der Waals surface area contributed by atoms with Gasteiger partial charge in [-0.25, -0.2) is 46.8 Å². The van der Waals surface area contributed by atoms with E-state index in [0.717, 1.165) is 96.5 Å². The number of nitrogens with zero attached hydrogens (tertiary/aromatic N) is 16. The first-order valence-electron chi connectivity index (χ1n) is 45.9. The van der Waals surface area contributed by atoms with Gasteiger partial charge in [0.25, 0.3) is 0 Å². The molecule has 8 aromatic heterocycles. The third-order valence-electron chi connectivity index (χ3n) is 22.8. The van der Waals surface area contributed by atoms with Crippen LogP contribution in [-0.2, 0) is 47.5 Å². The molecule has 20 rings (SSSR count). The number of nitrogens with one attached hydrogen (secondary N) is 9. The molecular weight excluding hydrogens is 2010 g/mol. The second-order valence-electron chi connectivity index (χ2n) is 34.2. The molecule has 0 amide bonds. The number of hydrogen-bond donors (Lipinski definition) is 9. The number of sulfonamides is 1. The molecular formula is C105H91Cl2F4N25O6S5. The van der Waals surface area contributed by atoms with Crippen LogP contribution in [0.3, 0.4) is 0 Å². The Morgan fingerprint density at radius 2 is 0.952 bits per heavy atom. The van der Waals surface area contributed by atoms with Crippen molar-refractivity contribution < 1.29 is 44.9 Å². The summed E-state index contributed by atoms with van der Waals surface area (Å²) in [4.78, 5) is 44.7. The maximum Gasteiger partial charge on any atom is 0.586 e. The first kappa shape index (κ1) is 103. The Labute approximate surface area is 869 Å². The summed E-state index contributed by atoms with van der Waals surface area (Å²) in [6, 6.07) is 67.7. The first-order valence-corrected chi connectivity index (χ1v) is 51.4. The molecule has 0 saturated carbocycles. The number of terminal acetylenes is 1. The molecule has 17 aromatic rings. The van der Waals surface area contributed by atoms with Crippen molar-refractivity contribution in [1.29, 1.82) is 21.0 Å². The normalized spacial score (nSPS) is 13.1.